The van der Waals surface area contributed by atoms with Crippen molar-refractivity contribution in [3.8, 4) is 10.4 Å². The molecule has 21 heavy (non-hydrogen) atoms. The van der Waals surface area contributed by atoms with E-state index in [0.29, 0.717) is 0 Å². The molecule has 2 aromatic heterocycles. The summed E-state index contributed by atoms with van der Waals surface area (Å²) in [5.74, 6) is -1.15. The van der Waals surface area contributed by atoms with Crippen LogP contribution in [0.5, 0.6) is 0 Å². The molecular formula is C15H11N3O2S. The number of Topliss-reactive ketones (excluding diaryl/α,β-unsaturated/α-hetero) is 2. The minimum Gasteiger partial charge on any atom is -0.290 e. The molecule has 0 spiro atoms. The Morgan fingerprint density at radius 3 is 2.71 bits per heavy atom. The van der Waals surface area contributed by atoms with Crippen LogP contribution in [0.15, 0.2) is 48.1 Å². The zero-order valence-electron chi connectivity index (χ0n) is 10.9. The molecule has 6 heteroatoms. The van der Waals surface area contributed by atoms with Crippen LogP contribution in [0.1, 0.15) is 16.2 Å². The average Bonchev–Trinajstić information content (AvgIpc) is 3.19. The fourth-order valence-electron chi connectivity index (χ4n) is 1.93. The smallest absolute Gasteiger partial charge is 0.265 e. The monoisotopic (exact) mass is 297 g/mol. The van der Waals surface area contributed by atoms with Gasteiger partial charge in [-0.1, -0.05) is 30.3 Å². The molecule has 0 radical (unpaired) electrons. The highest BCUT2D eigenvalue weighted by Gasteiger charge is 2.19. The number of nitrogens with one attached hydrogen (secondary N) is 1. The largest absolute Gasteiger partial charge is 0.290 e. The Morgan fingerprint density at radius 2 is 2.00 bits per heavy atom. The number of aromatic nitrogens is 3. The Hall–Kier alpha value is -2.60. The summed E-state index contributed by atoms with van der Waals surface area (Å²) < 4.78 is 0. The summed E-state index contributed by atoms with van der Waals surface area (Å²) in [7, 11) is 0. The predicted molar refractivity (Wildman–Crippen MR) is 79.2 cm³/mol. The highest BCUT2D eigenvalue weighted by atomic mass is 32.1. The van der Waals surface area contributed by atoms with Crippen molar-refractivity contribution in [1.82, 2.24) is 15.2 Å². The molecule has 0 aliphatic rings. The minimum atomic E-state index is -0.639. The van der Waals surface area contributed by atoms with Crippen LogP contribution < -0.4 is 0 Å². The van der Waals surface area contributed by atoms with Crippen LogP contribution in [0.3, 0.4) is 0 Å². The lowest BCUT2D eigenvalue weighted by Crippen LogP contribution is -2.17. The lowest BCUT2D eigenvalue weighted by atomic mass is 10.1. The van der Waals surface area contributed by atoms with Crippen LogP contribution >= 0.6 is 11.3 Å². The Bertz CT molecular complexity index is 763. The normalized spacial score (nSPS) is 10.5. The van der Waals surface area contributed by atoms with Gasteiger partial charge in [-0.3, -0.25) is 14.7 Å². The standard InChI is InChI=1S/C15H11N3O2S/c19-12(14(20)15-16-9-17-18-15)6-10-7-13(21-8-10)11-4-2-1-3-5-11/h1-5,7-9H,6H2,(H,16,17,18). The Balaban J connectivity index is 1.73. The second kappa shape index (κ2) is 5.80. The van der Waals surface area contributed by atoms with Crippen molar-refractivity contribution >= 4 is 22.9 Å². The second-order valence-corrected chi connectivity index (χ2v) is 5.36. The molecule has 0 bridgehead atoms. The summed E-state index contributed by atoms with van der Waals surface area (Å²) in [6.45, 7) is 0. The van der Waals surface area contributed by atoms with E-state index in [1.807, 2.05) is 41.8 Å². The van der Waals surface area contributed by atoms with Gasteiger partial charge in [0.25, 0.3) is 5.78 Å². The summed E-state index contributed by atoms with van der Waals surface area (Å²) in [6, 6.07) is 11.8. The Labute approximate surface area is 124 Å². The molecule has 0 saturated carbocycles. The lowest BCUT2D eigenvalue weighted by Gasteiger charge is -1.96. The van der Waals surface area contributed by atoms with Crippen molar-refractivity contribution in [2.24, 2.45) is 0 Å². The molecule has 0 aliphatic heterocycles. The van der Waals surface area contributed by atoms with Crippen molar-refractivity contribution in [2.45, 2.75) is 6.42 Å². The molecule has 2 heterocycles. The van der Waals surface area contributed by atoms with E-state index in [2.05, 4.69) is 15.2 Å². The van der Waals surface area contributed by atoms with E-state index >= 15 is 0 Å². The summed E-state index contributed by atoms with van der Waals surface area (Å²) in [5.41, 5.74) is 1.93. The topological polar surface area (TPSA) is 75.7 Å². The number of aromatic amines is 1. The highest BCUT2D eigenvalue weighted by Crippen LogP contribution is 2.27. The van der Waals surface area contributed by atoms with Crippen LogP contribution in [-0.4, -0.2) is 26.7 Å². The first-order valence-electron chi connectivity index (χ1n) is 6.30. The van der Waals surface area contributed by atoms with Crippen LogP contribution in [0.25, 0.3) is 10.4 Å². The molecule has 0 fully saturated rings. The van der Waals surface area contributed by atoms with Crippen molar-refractivity contribution in [2.75, 3.05) is 0 Å². The maximum atomic E-state index is 11.9. The van der Waals surface area contributed by atoms with Gasteiger partial charge in [-0.25, -0.2) is 4.98 Å². The molecule has 3 rings (SSSR count). The number of carbonyl (C=O) groups is 2. The Morgan fingerprint density at radius 1 is 1.19 bits per heavy atom. The second-order valence-electron chi connectivity index (χ2n) is 4.45. The van der Waals surface area contributed by atoms with Gasteiger partial charge in [0.2, 0.25) is 5.78 Å². The minimum absolute atomic E-state index is 0.0153. The van der Waals surface area contributed by atoms with Crippen LogP contribution in [0, 0.1) is 0 Å². The van der Waals surface area contributed by atoms with E-state index in [4.69, 9.17) is 0 Å². The van der Waals surface area contributed by atoms with Gasteiger partial charge in [0.15, 0.2) is 5.82 Å². The van der Waals surface area contributed by atoms with E-state index in [0.717, 1.165) is 16.0 Å². The Kier molecular flexibility index (Phi) is 3.70. The number of hydrogen-bond acceptors (Lipinski definition) is 5. The number of rotatable bonds is 5. The van der Waals surface area contributed by atoms with Gasteiger partial charge in [-0.2, -0.15) is 5.10 Å². The number of benzene rings is 1. The number of H-pyrrole nitrogens is 1. The van der Waals surface area contributed by atoms with Gasteiger partial charge in [0, 0.05) is 11.3 Å². The molecule has 1 aromatic carbocycles. The van der Waals surface area contributed by atoms with Gasteiger partial charge in [-0.15, -0.1) is 11.3 Å². The lowest BCUT2D eigenvalue weighted by molar-refractivity contribution is -0.114. The van der Waals surface area contributed by atoms with Crippen molar-refractivity contribution in [1.29, 1.82) is 0 Å². The maximum absolute atomic E-state index is 11.9. The van der Waals surface area contributed by atoms with E-state index in [1.165, 1.54) is 6.33 Å². The van der Waals surface area contributed by atoms with Gasteiger partial charge >= 0.3 is 0 Å². The third-order valence-electron chi connectivity index (χ3n) is 2.96. The van der Waals surface area contributed by atoms with Crippen molar-refractivity contribution < 1.29 is 9.59 Å². The van der Waals surface area contributed by atoms with E-state index in [9.17, 15) is 9.59 Å². The molecular weight excluding hydrogens is 286 g/mol. The summed E-state index contributed by atoms with van der Waals surface area (Å²) >= 11 is 1.55. The zero-order chi connectivity index (χ0) is 14.7. The van der Waals surface area contributed by atoms with E-state index < -0.39 is 11.6 Å². The van der Waals surface area contributed by atoms with Gasteiger partial charge in [0.05, 0.1) is 0 Å². The number of ketones is 2. The summed E-state index contributed by atoms with van der Waals surface area (Å²) in [5, 5.41) is 7.87. The molecule has 104 valence electrons. The molecule has 0 aliphatic carbocycles. The van der Waals surface area contributed by atoms with Gasteiger partial charge in [-0.05, 0) is 22.6 Å². The third-order valence-corrected chi connectivity index (χ3v) is 3.99. The van der Waals surface area contributed by atoms with Crippen LogP contribution in [0.2, 0.25) is 0 Å². The molecule has 1 N–H and O–H groups in total. The molecule has 0 amide bonds. The van der Waals surface area contributed by atoms with Crippen LogP contribution in [0.4, 0.5) is 0 Å². The number of thiophene rings is 1. The fraction of sp³-hybridized carbons (Fsp3) is 0.0667. The zero-order valence-corrected chi connectivity index (χ0v) is 11.8. The highest BCUT2D eigenvalue weighted by molar-refractivity contribution is 7.13. The van der Waals surface area contributed by atoms with Crippen LogP contribution in [-0.2, 0) is 11.2 Å². The SMILES string of the molecule is O=C(Cc1csc(-c2ccccc2)c1)C(=O)c1ncn[nH]1. The summed E-state index contributed by atoms with van der Waals surface area (Å²) in [6.07, 6.45) is 1.28. The fourth-order valence-corrected chi connectivity index (χ4v) is 2.86. The molecule has 0 atom stereocenters. The van der Waals surface area contributed by atoms with Gasteiger partial charge in [0.1, 0.15) is 6.33 Å². The average molecular weight is 297 g/mol. The predicted octanol–water partition coefficient (Wildman–Crippen LogP) is 2.53. The third kappa shape index (κ3) is 2.95. The first kappa shape index (κ1) is 13.4. The first-order chi connectivity index (χ1) is 10.2. The molecule has 3 aromatic rings. The molecule has 5 nitrogen and oxygen atoms in total. The van der Waals surface area contributed by atoms with Gasteiger partial charge < -0.3 is 0 Å². The van der Waals surface area contributed by atoms with Crippen molar-refractivity contribution in [3.63, 3.8) is 0 Å². The maximum Gasteiger partial charge on any atom is 0.265 e. The number of nitrogens with zero attached hydrogens (tertiary/aromatic N) is 2. The molecule has 0 saturated heterocycles. The van der Waals surface area contributed by atoms with Crippen molar-refractivity contribution in [3.05, 3.63) is 59.5 Å². The summed E-state index contributed by atoms with van der Waals surface area (Å²) in [4.78, 5) is 28.5. The van der Waals surface area contributed by atoms with E-state index in [1.54, 1.807) is 11.3 Å². The first-order valence-corrected chi connectivity index (χ1v) is 7.18. The van der Waals surface area contributed by atoms with E-state index in [-0.39, 0.29) is 12.2 Å². The number of hydrogen-bond donors (Lipinski definition) is 1. The number of carbonyl (C=O) groups excluding carboxylic acids is 2. The quantitative estimate of drug-likeness (QED) is 0.580. The molecule has 0 unspecified atom stereocenters.